The number of carbonyl (C=O) groups is 6. The molecule has 22 nitrogen and oxygen atoms in total. The van der Waals surface area contributed by atoms with Gasteiger partial charge in [0.05, 0.1) is 10.2 Å². The van der Waals surface area contributed by atoms with Crippen LogP contribution in [0.15, 0.2) is 97.8 Å². The Kier molecular flexibility index (Phi) is 12.1. The van der Waals surface area contributed by atoms with Gasteiger partial charge in [-0.2, -0.15) is 0 Å². The van der Waals surface area contributed by atoms with Gasteiger partial charge in [-0.1, -0.05) is 48.5 Å². The summed E-state index contributed by atoms with van der Waals surface area (Å²) in [5.41, 5.74) is 2.55. The summed E-state index contributed by atoms with van der Waals surface area (Å²) < 4.78 is 0. The van der Waals surface area contributed by atoms with Crippen LogP contribution in [0.3, 0.4) is 0 Å². The van der Waals surface area contributed by atoms with Crippen molar-refractivity contribution in [3.05, 3.63) is 162 Å². The topological polar surface area (TPSA) is 342 Å². The number of rotatable bonds is 8. The second-order valence-corrected chi connectivity index (χ2v) is 12.2. The van der Waals surface area contributed by atoms with E-state index in [1.807, 2.05) is 24.3 Å². The van der Waals surface area contributed by atoms with Crippen LogP contribution >= 0.6 is 0 Å². The number of aliphatic carboxylic acids is 2. The zero-order chi connectivity index (χ0) is 42.3. The van der Waals surface area contributed by atoms with E-state index >= 15 is 0 Å². The maximum atomic E-state index is 12.9. The number of aromatic amines is 4. The number of carboxylic acid groups (broad SMARTS) is 2. The second-order valence-electron chi connectivity index (χ2n) is 12.2. The van der Waals surface area contributed by atoms with Crippen molar-refractivity contribution in [3.63, 3.8) is 0 Å². The summed E-state index contributed by atoms with van der Waals surface area (Å²) in [5, 5.41) is 51.5. The molecule has 0 aliphatic carbocycles. The van der Waals surface area contributed by atoms with Gasteiger partial charge in [0, 0.05) is 45.9 Å². The summed E-state index contributed by atoms with van der Waals surface area (Å²) in [6.45, 7) is 0. The van der Waals surface area contributed by atoms with Crippen molar-refractivity contribution in [3.8, 4) is 0 Å². The van der Waals surface area contributed by atoms with Crippen LogP contribution in [0.1, 0.15) is 52.8 Å². The highest BCUT2D eigenvalue weighted by Crippen LogP contribution is 2.33. The molecule has 296 valence electrons. The van der Waals surface area contributed by atoms with Gasteiger partial charge in [-0.3, -0.25) is 38.9 Å². The van der Waals surface area contributed by atoms with Crippen molar-refractivity contribution in [2.24, 2.45) is 0 Å². The van der Waals surface area contributed by atoms with Crippen molar-refractivity contribution < 1.29 is 59.1 Å². The lowest BCUT2D eigenvalue weighted by atomic mass is 9.92. The Balaban J connectivity index is 0.000000187. The minimum Gasteiger partial charge on any atom is -0.480 e. The number of hydrogen-bond acceptors (Lipinski definition) is 12. The van der Waals surface area contributed by atoms with Crippen LogP contribution in [0.2, 0.25) is 0 Å². The maximum absolute atomic E-state index is 12.9. The predicted octanol–water partition coefficient (Wildman–Crippen LogP) is 2.07. The number of aromatic nitrogens is 4. The third-order valence-electron chi connectivity index (χ3n) is 8.82. The summed E-state index contributed by atoms with van der Waals surface area (Å²) in [6.07, 6.45) is 6.28. The first kappa shape index (κ1) is 40.6. The van der Waals surface area contributed by atoms with E-state index in [-0.39, 0.29) is 12.8 Å². The third-order valence-corrected chi connectivity index (χ3v) is 8.82. The number of nitrogens with one attached hydrogen (secondary N) is 4. The standard InChI is InChI=1S/2C18H13N3O4.2NO3/c2*22-16-12-5-1-3-10-4-2-6-13(15(10)12)17(23)21(16)14(18(24)25)7-11-8-19-9-20-11;2*2-1(3)4/h2*1-6,8-9,14H,7H2,(H,19,20)(H,24,25);;/q;;2*-1/p+2/t2*14-;;/m00../s1. The van der Waals surface area contributed by atoms with Gasteiger partial charge in [0.2, 0.25) is 12.7 Å². The molecule has 0 radical (unpaired) electrons. The lowest BCUT2D eigenvalue weighted by molar-refractivity contribution is -0.403. The van der Waals surface area contributed by atoms with E-state index in [0.717, 1.165) is 20.6 Å². The Morgan fingerprint density at radius 3 is 1.07 bits per heavy atom. The Hall–Kier alpha value is -8.56. The number of benzene rings is 4. The van der Waals surface area contributed by atoms with E-state index in [9.17, 15) is 39.0 Å². The molecule has 0 unspecified atom stereocenters. The molecule has 0 saturated carbocycles. The quantitative estimate of drug-likeness (QED) is 0.0973. The van der Waals surface area contributed by atoms with E-state index in [0.29, 0.717) is 44.4 Å². The van der Waals surface area contributed by atoms with Crippen molar-refractivity contribution in [1.82, 2.24) is 19.8 Å². The SMILES string of the molecule is O=C(O)[C@H](Cc1c[nH+]c[nH]1)N1C(=O)c2cccc3cccc(c23)C1=O.O=C(O)[C@H](Cc1c[nH+]c[nH]1)N1C(=O)c2cccc3cccc(c23)C1=O.O=[N+]([O-])[O-].O=[N+]([O-])[O-]. The zero-order valence-corrected chi connectivity index (χ0v) is 29.4. The van der Waals surface area contributed by atoms with Crippen LogP contribution < -0.4 is 9.97 Å². The van der Waals surface area contributed by atoms with E-state index in [1.54, 1.807) is 73.6 Å². The first-order valence-electron chi connectivity index (χ1n) is 16.6. The molecular weight excluding hydrogens is 768 g/mol. The molecule has 6 N–H and O–H groups in total. The Morgan fingerprint density at radius 1 is 0.569 bits per heavy atom. The predicted molar refractivity (Wildman–Crippen MR) is 195 cm³/mol. The third kappa shape index (κ3) is 8.54. The molecule has 8 rings (SSSR count). The minimum atomic E-state index is -1.75. The van der Waals surface area contributed by atoms with Crippen LogP contribution in [0.4, 0.5) is 0 Å². The molecule has 2 aliphatic rings. The first-order valence-corrected chi connectivity index (χ1v) is 16.6. The molecule has 0 bridgehead atoms. The minimum absolute atomic E-state index is 0.00550. The molecule has 22 heteroatoms. The van der Waals surface area contributed by atoms with Crippen molar-refractivity contribution in [2.45, 2.75) is 24.9 Å². The van der Waals surface area contributed by atoms with Crippen molar-refractivity contribution in [2.75, 3.05) is 0 Å². The number of carbonyl (C=O) groups excluding carboxylic acids is 4. The molecule has 0 fully saturated rings. The summed E-state index contributed by atoms with van der Waals surface area (Å²) in [7, 11) is 0. The van der Waals surface area contributed by atoms with Gasteiger partial charge in [0.25, 0.3) is 23.6 Å². The fourth-order valence-electron chi connectivity index (χ4n) is 6.53. The molecule has 58 heavy (non-hydrogen) atoms. The largest absolute Gasteiger partial charge is 0.480 e. The summed E-state index contributed by atoms with van der Waals surface area (Å²) in [6, 6.07) is 18.1. The monoisotopic (exact) mass is 796 g/mol. The molecule has 6 aromatic rings. The van der Waals surface area contributed by atoms with Gasteiger partial charge >= 0.3 is 11.9 Å². The molecule has 4 heterocycles. The van der Waals surface area contributed by atoms with E-state index < -0.39 is 57.8 Å². The van der Waals surface area contributed by atoms with Crippen LogP contribution in [0.25, 0.3) is 21.5 Å². The molecule has 4 aromatic carbocycles. The average molecular weight is 797 g/mol. The van der Waals surface area contributed by atoms with Crippen LogP contribution in [0.5, 0.6) is 0 Å². The number of imide groups is 2. The van der Waals surface area contributed by atoms with Crippen molar-refractivity contribution in [1.29, 1.82) is 0 Å². The molecule has 0 saturated heterocycles. The highest BCUT2D eigenvalue weighted by molar-refractivity contribution is 6.27. The van der Waals surface area contributed by atoms with Gasteiger partial charge in [0.15, 0.2) is 0 Å². The summed E-state index contributed by atoms with van der Waals surface area (Å²) in [4.78, 5) is 105. The van der Waals surface area contributed by atoms with Crippen LogP contribution in [-0.2, 0) is 22.4 Å². The van der Waals surface area contributed by atoms with E-state index in [1.165, 1.54) is 0 Å². The number of hydrogen-bond donors (Lipinski definition) is 4. The fraction of sp³-hybridized carbons (Fsp3) is 0.111. The highest BCUT2D eigenvalue weighted by atomic mass is 16.9. The van der Waals surface area contributed by atoms with Gasteiger partial charge in [-0.25, -0.2) is 19.6 Å². The number of H-pyrrole nitrogens is 4. The van der Waals surface area contributed by atoms with Gasteiger partial charge in [-0.15, -0.1) is 0 Å². The summed E-state index contributed by atoms with van der Waals surface area (Å²) in [5.74, 6) is -4.81. The van der Waals surface area contributed by atoms with Gasteiger partial charge in [-0.05, 0) is 35.0 Å². The summed E-state index contributed by atoms with van der Waals surface area (Å²) >= 11 is 0. The Morgan fingerprint density at radius 2 is 0.845 bits per heavy atom. The molecule has 4 amide bonds. The smallest absolute Gasteiger partial charge is 0.327 e. The molecule has 2 aliphatic heterocycles. The maximum Gasteiger partial charge on any atom is 0.327 e. The van der Waals surface area contributed by atoms with Gasteiger partial charge in [0.1, 0.15) is 35.9 Å². The average Bonchev–Trinajstić information content (AvgIpc) is 3.90. The normalized spacial score (nSPS) is 13.6. The van der Waals surface area contributed by atoms with E-state index in [4.69, 9.17) is 30.6 Å². The molecular formula is C36H28N8O14. The lowest BCUT2D eigenvalue weighted by Gasteiger charge is -2.31. The number of imidazole rings is 2. The molecule has 2 atom stereocenters. The second kappa shape index (κ2) is 17.3. The molecule has 0 spiro atoms. The number of nitrogens with zero attached hydrogens (tertiary/aromatic N) is 4. The Bertz CT molecular complexity index is 2290. The fourth-order valence-corrected chi connectivity index (χ4v) is 6.53. The zero-order valence-electron chi connectivity index (χ0n) is 29.4. The first-order chi connectivity index (χ1) is 27.6. The lowest BCUT2D eigenvalue weighted by Crippen LogP contribution is -2.51. The van der Waals surface area contributed by atoms with E-state index in [2.05, 4.69) is 19.9 Å². The molecule has 2 aromatic heterocycles. The highest BCUT2D eigenvalue weighted by Gasteiger charge is 2.42. The van der Waals surface area contributed by atoms with Crippen molar-refractivity contribution >= 4 is 57.1 Å². The van der Waals surface area contributed by atoms with Gasteiger partial charge < -0.3 is 40.9 Å². The van der Waals surface area contributed by atoms with Crippen LogP contribution in [0, 0.1) is 30.6 Å². The Labute approximate surface area is 322 Å². The number of carboxylic acids is 2. The number of amides is 4. The van der Waals surface area contributed by atoms with Crippen LogP contribution in [-0.4, -0.2) is 87.8 Å².